The van der Waals surface area contributed by atoms with Crippen LogP contribution in [0.4, 0.5) is 15.9 Å². The number of rotatable bonds is 6. The van der Waals surface area contributed by atoms with E-state index < -0.39 is 0 Å². The molecule has 0 radical (unpaired) electrons. The van der Waals surface area contributed by atoms with Gasteiger partial charge in [0.05, 0.1) is 11.6 Å². The molecule has 7 heteroatoms. The second kappa shape index (κ2) is 8.54. The smallest absolute Gasteiger partial charge is 0.271 e. The van der Waals surface area contributed by atoms with Crippen LogP contribution in [0.5, 0.6) is 0 Å². The van der Waals surface area contributed by atoms with E-state index in [-0.39, 0.29) is 17.4 Å². The van der Waals surface area contributed by atoms with Crippen LogP contribution in [-0.2, 0) is 6.42 Å². The summed E-state index contributed by atoms with van der Waals surface area (Å²) in [7, 11) is 0. The quantitative estimate of drug-likeness (QED) is 0.704. The lowest BCUT2D eigenvalue weighted by Gasteiger charge is -2.07. The Kier molecular flexibility index (Phi) is 5.70. The number of nitrogens with zero attached hydrogens (tertiary/aromatic N) is 3. The van der Waals surface area contributed by atoms with Gasteiger partial charge in [0.25, 0.3) is 5.91 Å². The largest absolute Gasteiger partial charge is 0.350 e. The average Bonchev–Trinajstić information content (AvgIpc) is 2.70. The lowest BCUT2D eigenvalue weighted by atomic mass is 10.1. The van der Waals surface area contributed by atoms with Crippen LogP contribution in [0.1, 0.15) is 21.6 Å². The molecule has 1 aromatic heterocycles. The molecule has 0 saturated carbocycles. The summed E-state index contributed by atoms with van der Waals surface area (Å²) in [6.07, 6.45) is 0.390. The molecule has 2 N–H and O–H groups in total. The van der Waals surface area contributed by atoms with Crippen molar-refractivity contribution in [1.29, 1.82) is 5.26 Å². The molecule has 0 fully saturated rings. The summed E-state index contributed by atoms with van der Waals surface area (Å²) in [4.78, 5) is 12.1. The molecule has 0 aliphatic heterocycles. The van der Waals surface area contributed by atoms with E-state index in [1.165, 1.54) is 6.07 Å². The topological polar surface area (TPSA) is 90.7 Å². The van der Waals surface area contributed by atoms with E-state index >= 15 is 0 Å². The third-order valence-corrected chi connectivity index (χ3v) is 3.80. The number of carbonyl (C=O) groups is 1. The first-order chi connectivity index (χ1) is 13.2. The molecule has 134 valence electrons. The van der Waals surface area contributed by atoms with E-state index in [1.54, 1.807) is 54.6 Å². The van der Waals surface area contributed by atoms with Crippen LogP contribution in [0, 0.1) is 17.1 Å². The van der Waals surface area contributed by atoms with Crippen LogP contribution >= 0.6 is 0 Å². The van der Waals surface area contributed by atoms with Gasteiger partial charge in [0, 0.05) is 12.2 Å². The second-order valence-corrected chi connectivity index (χ2v) is 5.72. The fourth-order valence-corrected chi connectivity index (χ4v) is 2.44. The van der Waals surface area contributed by atoms with Gasteiger partial charge in [-0.3, -0.25) is 4.79 Å². The van der Waals surface area contributed by atoms with E-state index in [1.807, 2.05) is 0 Å². The highest BCUT2D eigenvalue weighted by molar-refractivity contribution is 5.92. The lowest BCUT2D eigenvalue weighted by molar-refractivity contribution is 0.0948. The molecule has 0 aliphatic carbocycles. The summed E-state index contributed by atoms with van der Waals surface area (Å²) in [5.74, 6) is -0.215. The average molecular weight is 361 g/mol. The van der Waals surface area contributed by atoms with Crippen LogP contribution in [0.3, 0.4) is 0 Å². The highest BCUT2D eigenvalue weighted by Crippen LogP contribution is 2.15. The summed E-state index contributed by atoms with van der Waals surface area (Å²) in [6, 6.07) is 18.6. The minimum absolute atomic E-state index is 0.167. The first-order valence-corrected chi connectivity index (χ1v) is 8.28. The summed E-state index contributed by atoms with van der Waals surface area (Å²) >= 11 is 0. The zero-order valence-corrected chi connectivity index (χ0v) is 14.3. The number of hydrogen-bond acceptors (Lipinski definition) is 5. The predicted octanol–water partition coefficient (Wildman–Crippen LogP) is 3.20. The Morgan fingerprint density at radius 1 is 1.07 bits per heavy atom. The molecule has 0 saturated heterocycles. The molecule has 2 aromatic carbocycles. The van der Waals surface area contributed by atoms with Gasteiger partial charge >= 0.3 is 0 Å². The first kappa shape index (κ1) is 18.0. The number of carbonyl (C=O) groups excluding carboxylic acids is 1. The maximum Gasteiger partial charge on any atom is 0.271 e. The number of aromatic nitrogens is 2. The molecular weight excluding hydrogens is 345 g/mol. The molecule has 3 aromatic rings. The van der Waals surface area contributed by atoms with Crippen LogP contribution in [-0.4, -0.2) is 22.6 Å². The number of halogens is 1. The number of nitrogens with one attached hydrogen (secondary N) is 2. The van der Waals surface area contributed by atoms with Crippen LogP contribution in [0.2, 0.25) is 0 Å². The Hall–Kier alpha value is -3.79. The van der Waals surface area contributed by atoms with Crippen molar-refractivity contribution in [1.82, 2.24) is 15.5 Å². The Labute approximate surface area is 155 Å². The second-order valence-electron chi connectivity index (χ2n) is 5.72. The Balaban J connectivity index is 1.55. The van der Waals surface area contributed by atoms with E-state index in [4.69, 9.17) is 5.26 Å². The summed E-state index contributed by atoms with van der Waals surface area (Å²) in [6.45, 7) is 0.294. The van der Waals surface area contributed by atoms with E-state index in [9.17, 15) is 9.18 Å². The Bertz CT molecular complexity index is 982. The normalized spacial score (nSPS) is 10.1. The van der Waals surface area contributed by atoms with Gasteiger partial charge in [-0.2, -0.15) is 5.26 Å². The number of hydrogen-bond donors (Lipinski definition) is 2. The SMILES string of the molecule is N#Cc1cccc(Nc2ccc(C(=O)NCCc3ccccc3F)nn2)c1. The van der Waals surface area contributed by atoms with Crippen molar-refractivity contribution >= 4 is 17.4 Å². The molecule has 3 rings (SSSR count). The standard InChI is InChI=1S/C20H16FN5O/c21-17-7-2-1-5-15(17)10-11-23-20(27)18-8-9-19(26-25-18)24-16-6-3-4-14(12-16)13-22/h1-9,12H,10-11H2,(H,23,27)(H,24,26). The zero-order chi connectivity index (χ0) is 19.1. The van der Waals surface area contributed by atoms with Crippen molar-refractivity contribution in [3.63, 3.8) is 0 Å². The molecule has 27 heavy (non-hydrogen) atoms. The fraction of sp³-hybridized carbons (Fsp3) is 0.100. The van der Waals surface area contributed by atoms with Crippen molar-refractivity contribution in [2.75, 3.05) is 11.9 Å². The number of benzene rings is 2. The van der Waals surface area contributed by atoms with Crippen molar-refractivity contribution in [2.45, 2.75) is 6.42 Å². The summed E-state index contributed by atoms with van der Waals surface area (Å²) < 4.78 is 13.5. The molecule has 0 aliphatic rings. The molecule has 1 amide bonds. The van der Waals surface area contributed by atoms with Crippen LogP contribution in [0.15, 0.2) is 60.7 Å². The van der Waals surface area contributed by atoms with Crippen LogP contribution < -0.4 is 10.6 Å². The predicted molar refractivity (Wildman–Crippen MR) is 98.9 cm³/mol. The van der Waals surface area contributed by atoms with Crippen molar-refractivity contribution in [3.8, 4) is 6.07 Å². The first-order valence-electron chi connectivity index (χ1n) is 8.28. The minimum atomic E-state index is -0.378. The summed E-state index contributed by atoms with van der Waals surface area (Å²) in [5, 5.41) is 22.5. The van der Waals surface area contributed by atoms with Crippen molar-refractivity contribution < 1.29 is 9.18 Å². The van der Waals surface area contributed by atoms with Gasteiger partial charge < -0.3 is 10.6 Å². The molecule has 0 atom stereocenters. The van der Waals surface area contributed by atoms with Crippen molar-refractivity contribution in [2.24, 2.45) is 0 Å². The number of amides is 1. The molecular formula is C20H16FN5O. The van der Waals surface area contributed by atoms with Gasteiger partial charge in [0.15, 0.2) is 11.5 Å². The van der Waals surface area contributed by atoms with E-state index in [0.717, 1.165) is 0 Å². The lowest BCUT2D eigenvalue weighted by Crippen LogP contribution is -2.27. The molecule has 0 bridgehead atoms. The molecule has 6 nitrogen and oxygen atoms in total. The van der Waals surface area contributed by atoms with Gasteiger partial charge in [0.2, 0.25) is 0 Å². The molecule has 1 heterocycles. The van der Waals surface area contributed by atoms with Gasteiger partial charge in [-0.25, -0.2) is 4.39 Å². The maximum absolute atomic E-state index is 13.5. The fourth-order valence-electron chi connectivity index (χ4n) is 2.44. The maximum atomic E-state index is 13.5. The molecule has 0 spiro atoms. The van der Waals surface area contributed by atoms with Gasteiger partial charge in [-0.1, -0.05) is 24.3 Å². The van der Waals surface area contributed by atoms with Crippen molar-refractivity contribution in [3.05, 3.63) is 83.3 Å². The number of anilines is 2. The molecule has 0 unspecified atom stereocenters. The van der Waals surface area contributed by atoms with Gasteiger partial charge in [-0.15, -0.1) is 10.2 Å². The monoisotopic (exact) mass is 361 g/mol. The third kappa shape index (κ3) is 4.86. The Morgan fingerprint density at radius 2 is 1.93 bits per heavy atom. The van der Waals surface area contributed by atoms with Gasteiger partial charge in [-0.05, 0) is 48.4 Å². The third-order valence-electron chi connectivity index (χ3n) is 3.80. The summed E-state index contributed by atoms with van der Waals surface area (Å²) in [5.41, 5.74) is 1.94. The highest BCUT2D eigenvalue weighted by Gasteiger charge is 2.09. The van der Waals surface area contributed by atoms with Crippen LogP contribution in [0.25, 0.3) is 0 Å². The Morgan fingerprint density at radius 3 is 2.67 bits per heavy atom. The highest BCUT2D eigenvalue weighted by atomic mass is 19.1. The van der Waals surface area contributed by atoms with E-state index in [2.05, 4.69) is 26.9 Å². The zero-order valence-electron chi connectivity index (χ0n) is 14.3. The van der Waals surface area contributed by atoms with Gasteiger partial charge in [0.1, 0.15) is 5.82 Å². The minimum Gasteiger partial charge on any atom is -0.350 e. The van der Waals surface area contributed by atoms with E-state index in [0.29, 0.717) is 35.6 Å². The number of nitriles is 1.